The summed E-state index contributed by atoms with van der Waals surface area (Å²) >= 11 is 0. The number of methoxy groups -OCH3 is 1. The second-order valence-corrected chi connectivity index (χ2v) is 20.0. The van der Waals surface area contributed by atoms with Crippen molar-refractivity contribution in [3.8, 4) is 0 Å². The number of rotatable bonds is 10. The van der Waals surface area contributed by atoms with E-state index in [-0.39, 0.29) is 12.8 Å². The molecule has 4 saturated heterocycles. The number of aliphatic hydroxyl groups is 2. The molecule has 17 nitrogen and oxygen atoms in total. The molecule has 17 atom stereocenters. The normalized spacial score (nSPS) is 51.6. The monoisotopic (exact) mass is 844 g/mol. The first-order chi connectivity index (χ1) is 27.8. The van der Waals surface area contributed by atoms with E-state index in [1.807, 2.05) is 6.92 Å². The Morgan fingerprint density at radius 1 is 0.933 bits per heavy atom. The van der Waals surface area contributed by atoms with Crippen LogP contribution in [-0.2, 0) is 66.6 Å². The maximum atomic E-state index is 14.4. The van der Waals surface area contributed by atoms with E-state index in [0.717, 1.165) is 0 Å². The van der Waals surface area contributed by atoms with Gasteiger partial charge >= 0.3 is 29.8 Å². The molecular weight excluding hydrogens is 788 g/mol. The van der Waals surface area contributed by atoms with Gasteiger partial charge in [0.15, 0.2) is 28.5 Å². The molecule has 330 valence electrons. The molecule has 2 N–H and O–H groups in total. The topological polar surface area (TPSA) is 225 Å². The summed E-state index contributed by atoms with van der Waals surface area (Å²) in [4.78, 5) is 71.1. The average molecular weight is 845 g/mol. The molecule has 0 aromatic carbocycles. The zero-order valence-corrected chi connectivity index (χ0v) is 35.9. The van der Waals surface area contributed by atoms with E-state index in [0.29, 0.717) is 12.0 Å². The molecule has 0 radical (unpaired) electrons. The molecule has 9 rings (SSSR count). The van der Waals surface area contributed by atoms with Crippen molar-refractivity contribution in [3.05, 3.63) is 24.2 Å². The van der Waals surface area contributed by atoms with Gasteiger partial charge in [0.05, 0.1) is 44.0 Å². The first kappa shape index (κ1) is 41.7. The number of esters is 5. The zero-order valence-electron chi connectivity index (χ0n) is 35.9. The van der Waals surface area contributed by atoms with Crippen molar-refractivity contribution in [1.29, 1.82) is 0 Å². The lowest BCUT2D eigenvalue weighted by Gasteiger charge is -2.79. The number of epoxide rings is 1. The number of carbonyl (C=O) groups is 5. The molecule has 4 bridgehead atoms. The third kappa shape index (κ3) is 4.28. The van der Waals surface area contributed by atoms with Crippen LogP contribution in [0.5, 0.6) is 0 Å². The number of cyclic esters (lactones) is 1. The summed E-state index contributed by atoms with van der Waals surface area (Å²) in [6, 6.07) is 1.62. The third-order valence-corrected chi connectivity index (χ3v) is 16.8. The fourth-order valence-electron chi connectivity index (χ4n) is 13.7. The van der Waals surface area contributed by atoms with Crippen molar-refractivity contribution < 1.29 is 81.2 Å². The van der Waals surface area contributed by atoms with Crippen molar-refractivity contribution in [1.82, 2.24) is 0 Å². The van der Waals surface area contributed by atoms with Gasteiger partial charge in [-0.3, -0.25) is 19.2 Å². The quantitative estimate of drug-likeness (QED) is 0.196. The fourth-order valence-corrected chi connectivity index (χ4v) is 13.7. The molecule has 8 aliphatic rings. The molecule has 1 aromatic heterocycles. The Hall–Kier alpha value is -3.61. The van der Waals surface area contributed by atoms with Crippen LogP contribution < -0.4 is 0 Å². The Labute approximate surface area is 347 Å². The minimum Gasteiger partial charge on any atom is -0.472 e. The van der Waals surface area contributed by atoms with Gasteiger partial charge in [-0.2, -0.15) is 0 Å². The van der Waals surface area contributed by atoms with E-state index in [2.05, 4.69) is 0 Å². The van der Waals surface area contributed by atoms with Crippen molar-refractivity contribution in [2.45, 2.75) is 171 Å². The number of hydrogen-bond donors (Lipinski definition) is 2. The number of carbonyl (C=O) groups excluding carboxylic acids is 5. The largest absolute Gasteiger partial charge is 0.472 e. The van der Waals surface area contributed by atoms with Crippen LogP contribution in [-0.4, -0.2) is 111 Å². The molecule has 8 fully saturated rings. The summed E-state index contributed by atoms with van der Waals surface area (Å²) in [6.45, 7) is 16.5. The minimum absolute atomic E-state index is 0.151. The van der Waals surface area contributed by atoms with Crippen LogP contribution in [0, 0.1) is 34.0 Å². The Balaban J connectivity index is 1.41. The van der Waals surface area contributed by atoms with Gasteiger partial charge in [0.1, 0.15) is 29.5 Å². The Morgan fingerprint density at radius 2 is 1.60 bits per heavy atom. The van der Waals surface area contributed by atoms with Crippen molar-refractivity contribution in [3.63, 3.8) is 0 Å². The maximum Gasteiger partial charge on any atom is 0.341 e. The molecule has 4 aliphatic carbocycles. The molecule has 0 amide bonds. The molecule has 5 heterocycles. The second-order valence-electron chi connectivity index (χ2n) is 20.0. The van der Waals surface area contributed by atoms with Crippen LogP contribution in [0.2, 0.25) is 0 Å². The van der Waals surface area contributed by atoms with Crippen LogP contribution >= 0.6 is 0 Å². The van der Waals surface area contributed by atoms with Crippen LogP contribution in [0.15, 0.2) is 23.0 Å². The number of ether oxygens (including phenoxy) is 9. The molecule has 4 aliphatic heterocycles. The van der Waals surface area contributed by atoms with Gasteiger partial charge in [0.2, 0.25) is 0 Å². The predicted molar refractivity (Wildman–Crippen MR) is 198 cm³/mol. The first-order valence-corrected chi connectivity index (χ1v) is 21.0. The summed E-state index contributed by atoms with van der Waals surface area (Å²) < 4.78 is 63.7. The van der Waals surface area contributed by atoms with E-state index >= 15 is 0 Å². The summed E-state index contributed by atoms with van der Waals surface area (Å²) in [6.07, 6.45) is -5.20. The van der Waals surface area contributed by atoms with E-state index < -0.39 is 147 Å². The summed E-state index contributed by atoms with van der Waals surface area (Å²) in [7, 11) is 1.21. The molecule has 8 unspecified atom stereocenters. The van der Waals surface area contributed by atoms with Gasteiger partial charge in [-0.05, 0) is 45.1 Å². The molecule has 2 spiro atoms. The molecule has 4 saturated carbocycles. The van der Waals surface area contributed by atoms with E-state index in [4.69, 9.17) is 47.0 Å². The van der Waals surface area contributed by atoms with Gasteiger partial charge in [-0.15, -0.1) is 0 Å². The number of hydrogen-bond acceptors (Lipinski definition) is 17. The fraction of sp³-hybridized carbons (Fsp3) is 0.791. The SMILES string of the molecule is CCC(C)C(=O)OC1C[C@@]2(C)[C@H](c3ccoc3)OC(=O)CC23OC2(C)OC34[C@H](OC(=O)C(C)C)[C@@]3(O)[C@@H](OC(=O)C5(C)OC5C)[C@@]5(C)C[C@]3(O)[C@@](C)([C@H]5CC(=O)OC)C14O2. The molecule has 17 heteroatoms. The Bertz CT molecular complexity index is 2070. The van der Waals surface area contributed by atoms with E-state index in [9.17, 15) is 34.2 Å². The highest BCUT2D eigenvalue weighted by molar-refractivity contribution is 5.83. The molecular formula is C43H56O17. The van der Waals surface area contributed by atoms with Crippen LogP contribution in [0.1, 0.15) is 113 Å². The number of fused-ring (bicyclic) bond motifs is 2. The van der Waals surface area contributed by atoms with Gasteiger partial charge < -0.3 is 57.3 Å². The molecule has 60 heavy (non-hydrogen) atoms. The first-order valence-electron chi connectivity index (χ1n) is 21.0. The highest BCUT2D eigenvalue weighted by Gasteiger charge is 3.07. The third-order valence-electron chi connectivity index (χ3n) is 16.8. The lowest BCUT2D eigenvalue weighted by Crippen LogP contribution is -2.99. The van der Waals surface area contributed by atoms with Crippen LogP contribution in [0.3, 0.4) is 0 Å². The van der Waals surface area contributed by atoms with E-state index in [1.165, 1.54) is 33.5 Å². The molecule has 1 aromatic rings. The van der Waals surface area contributed by atoms with Crippen molar-refractivity contribution >= 4 is 29.8 Å². The van der Waals surface area contributed by atoms with Gasteiger partial charge in [-0.1, -0.05) is 48.5 Å². The lowest BCUT2D eigenvalue weighted by molar-refractivity contribution is -0.479. The lowest BCUT2D eigenvalue weighted by atomic mass is 9.31. The maximum absolute atomic E-state index is 14.4. The van der Waals surface area contributed by atoms with Crippen LogP contribution in [0.4, 0.5) is 0 Å². The second kappa shape index (κ2) is 12.1. The predicted octanol–water partition coefficient (Wildman–Crippen LogP) is 3.34. The van der Waals surface area contributed by atoms with Gasteiger partial charge in [-0.25, -0.2) is 4.79 Å². The Morgan fingerprint density at radius 3 is 2.18 bits per heavy atom. The van der Waals surface area contributed by atoms with E-state index in [1.54, 1.807) is 54.5 Å². The van der Waals surface area contributed by atoms with Crippen LogP contribution in [0.25, 0.3) is 0 Å². The summed E-state index contributed by atoms with van der Waals surface area (Å²) in [5.41, 5.74) is -17.8. The Kier molecular flexibility index (Phi) is 8.41. The van der Waals surface area contributed by atoms with Gasteiger partial charge in [0.25, 0.3) is 5.97 Å². The van der Waals surface area contributed by atoms with Crippen molar-refractivity contribution in [2.24, 2.45) is 34.0 Å². The summed E-state index contributed by atoms with van der Waals surface area (Å²) in [5, 5.41) is 28.1. The van der Waals surface area contributed by atoms with Gasteiger partial charge in [0, 0.05) is 35.2 Å². The smallest absolute Gasteiger partial charge is 0.341 e. The van der Waals surface area contributed by atoms with Crippen molar-refractivity contribution in [2.75, 3.05) is 7.11 Å². The minimum atomic E-state index is -2.80. The number of furan rings is 1. The highest BCUT2D eigenvalue weighted by Crippen LogP contribution is 2.89. The highest BCUT2D eigenvalue weighted by atomic mass is 17.0. The summed E-state index contributed by atoms with van der Waals surface area (Å²) in [5.74, 6) is -8.52. The average Bonchev–Trinajstić information content (AvgIpc) is 3.63. The zero-order chi connectivity index (χ0) is 43.8. The standard InChI is InChI=1S/C43H56O17/c1-12-21(4)30(47)53-25-16-35(7)28(23-13-14-52-18-23)54-27(45)17-40(35)43-32(55-29(46)20(2)3)41(50)31(56-33(48)36(8)22(5)57-36)34(6)19-39(41,49)37(9,24(34)15-26(44)51-11)42(25,43)59-38(10,58-40)60-43/h13-14,18,20-22,24-25,28,31-32,49-50H,12,15-17,19H2,1-11H3/t21?,22?,24-,25?,28-,31-,32+,34-,35-,36?,37+,38?,39-,40?,41-,42?,43?/m0/s1.